The zero-order valence-electron chi connectivity index (χ0n) is 17.6. The van der Waals surface area contributed by atoms with Crippen LogP contribution < -0.4 is 4.74 Å². The fourth-order valence-electron chi connectivity index (χ4n) is 3.36. The van der Waals surface area contributed by atoms with Gasteiger partial charge in [0.25, 0.3) is 0 Å². The van der Waals surface area contributed by atoms with Gasteiger partial charge in [0.2, 0.25) is 0 Å². The second kappa shape index (κ2) is 11.4. The van der Waals surface area contributed by atoms with Crippen molar-refractivity contribution in [2.45, 2.75) is 45.4 Å². The molecule has 2 nitrogen and oxygen atoms in total. The lowest BCUT2D eigenvalue weighted by Gasteiger charge is -2.28. The molecule has 1 heterocycles. The minimum atomic E-state index is 0.693. The molecule has 1 aliphatic rings. The number of rotatable bonds is 6. The molecule has 0 unspecified atom stereocenters. The molecule has 0 aliphatic carbocycles. The summed E-state index contributed by atoms with van der Waals surface area (Å²) in [5, 5.41) is 0. The van der Waals surface area contributed by atoms with Crippen molar-refractivity contribution in [1.82, 2.24) is 4.90 Å². The van der Waals surface area contributed by atoms with Crippen LogP contribution >= 0.6 is 11.8 Å². The minimum absolute atomic E-state index is 0.693. The maximum absolute atomic E-state index is 6.14. The average molecular weight is 386 g/mol. The molecule has 0 aromatic heterocycles. The summed E-state index contributed by atoms with van der Waals surface area (Å²) in [5.41, 5.74) is 3.77. The third-order valence-corrected chi connectivity index (χ3v) is 5.84. The van der Waals surface area contributed by atoms with E-state index in [1.165, 1.54) is 47.5 Å². The Morgan fingerprint density at radius 3 is 2.41 bits per heavy atom. The third-order valence-electron chi connectivity index (χ3n) is 4.97. The van der Waals surface area contributed by atoms with Gasteiger partial charge in [-0.2, -0.15) is 0 Å². The molecule has 148 valence electrons. The van der Waals surface area contributed by atoms with Crippen molar-refractivity contribution >= 4 is 11.8 Å². The zero-order valence-corrected chi connectivity index (χ0v) is 18.4. The fraction of sp³-hybridized carbons (Fsp3) is 0.500. The van der Waals surface area contributed by atoms with Gasteiger partial charge >= 0.3 is 0 Å². The number of likely N-dealkylation sites (tertiary alicyclic amines) is 1. The number of hydrogen-bond donors (Lipinski definition) is 0. The summed E-state index contributed by atoms with van der Waals surface area (Å²) >= 11 is 1.89. The van der Waals surface area contributed by atoms with Gasteiger partial charge in [-0.25, -0.2) is 0 Å². The highest BCUT2D eigenvalue weighted by molar-refractivity contribution is 7.99. The van der Waals surface area contributed by atoms with Crippen molar-refractivity contribution in [3.05, 3.63) is 48.0 Å². The molecule has 27 heavy (non-hydrogen) atoms. The topological polar surface area (TPSA) is 12.5 Å². The van der Waals surface area contributed by atoms with Gasteiger partial charge in [-0.3, -0.25) is 0 Å². The summed E-state index contributed by atoms with van der Waals surface area (Å²) in [6.07, 6.45) is 2.49. The second-order valence-corrected chi connectivity index (χ2v) is 8.34. The number of thioether (sulfide) groups is 1. The first kappa shape index (κ1) is 21.8. The summed E-state index contributed by atoms with van der Waals surface area (Å²) in [7, 11) is 2.20. The van der Waals surface area contributed by atoms with Crippen LogP contribution in [0.25, 0.3) is 11.1 Å². The van der Waals surface area contributed by atoms with Crippen LogP contribution in [-0.2, 0) is 0 Å². The van der Waals surface area contributed by atoms with Crippen LogP contribution in [0.3, 0.4) is 0 Å². The Hall–Kier alpha value is -1.45. The summed E-state index contributed by atoms with van der Waals surface area (Å²) in [6.45, 7) is 11.6. The Morgan fingerprint density at radius 2 is 1.74 bits per heavy atom. The number of ether oxygens (including phenoxy) is 1. The lowest BCUT2D eigenvalue weighted by molar-refractivity contribution is 0.159. The van der Waals surface area contributed by atoms with E-state index in [9.17, 15) is 0 Å². The molecule has 1 aliphatic heterocycles. The lowest BCUT2D eigenvalue weighted by atomic mass is 9.98. The van der Waals surface area contributed by atoms with Crippen molar-refractivity contribution in [2.75, 3.05) is 32.5 Å². The first-order valence-corrected chi connectivity index (χ1v) is 11.3. The SMILES string of the molecule is CC.CCSc1cccc(-c2ccc(OCC3CCN(C)CC3)c(C)c2)c1. The van der Waals surface area contributed by atoms with E-state index < -0.39 is 0 Å². The minimum Gasteiger partial charge on any atom is -0.493 e. The van der Waals surface area contributed by atoms with Crippen LogP contribution in [0.2, 0.25) is 0 Å². The van der Waals surface area contributed by atoms with E-state index in [1.54, 1.807) is 0 Å². The van der Waals surface area contributed by atoms with E-state index in [-0.39, 0.29) is 0 Å². The number of benzene rings is 2. The fourth-order valence-corrected chi connectivity index (χ4v) is 4.08. The predicted octanol–water partition coefficient (Wildman–Crippen LogP) is 6.52. The highest BCUT2D eigenvalue weighted by Crippen LogP contribution is 2.30. The predicted molar refractivity (Wildman–Crippen MR) is 120 cm³/mol. The van der Waals surface area contributed by atoms with Crippen molar-refractivity contribution in [2.24, 2.45) is 5.92 Å². The molecule has 3 rings (SSSR count). The molecule has 1 saturated heterocycles. The van der Waals surface area contributed by atoms with Crippen LogP contribution in [0.4, 0.5) is 0 Å². The van der Waals surface area contributed by atoms with Gasteiger partial charge in [0.05, 0.1) is 6.61 Å². The highest BCUT2D eigenvalue weighted by atomic mass is 32.2. The maximum Gasteiger partial charge on any atom is 0.122 e. The number of nitrogens with zero attached hydrogens (tertiary/aromatic N) is 1. The summed E-state index contributed by atoms with van der Waals surface area (Å²) in [6, 6.07) is 15.4. The maximum atomic E-state index is 6.14. The van der Waals surface area contributed by atoms with Gasteiger partial charge in [0.1, 0.15) is 5.75 Å². The Bertz CT molecular complexity index is 693. The number of piperidine rings is 1. The van der Waals surface area contributed by atoms with Crippen molar-refractivity contribution in [1.29, 1.82) is 0 Å². The molecule has 0 amide bonds. The largest absolute Gasteiger partial charge is 0.493 e. The van der Waals surface area contributed by atoms with Crippen LogP contribution in [-0.4, -0.2) is 37.4 Å². The smallest absolute Gasteiger partial charge is 0.122 e. The highest BCUT2D eigenvalue weighted by Gasteiger charge is 2.17. The van der Waals surface area contributed by atoms with Crippen molar-refractivity contribution in [3.8, 4) is 16.9 Å². The van der Waals surface area contributed by atoms with Gasteiger partial charge in [0, 0.05) is 4.90 Å². The van der Waals surface area contributed by atoms with Crippen molar-refractivity contribution in [3.63, 3.8) is 0 Å². The van der Waals surface area contributed by atoms with Gasteiger partial charge in [0.15, 0.2) is 0 Å². The van der Waals surface area contributed by atoms with Gasteiger partial charge in [-0.05, 0) is 92.5 Å². The molecule has 2 aromatic carbocycles. The normalized spacial score (nSPS) is 15.1. The van der Waals surface area contributed by atoms with E-state index in [0.29, 0.717) is 5.92 Å². The Balaban J connectivity index is 0.00000126. The monoisotopic (exact) mass is 385 g/mol. The molecule has 3 heteroatoms. The first-order chi connectivity index (χ1) is 13.2. The molecule has 0 radical (unpaired) electrons. The molecule has 2 aromatic rings. The molecule has 0 bridgehead atoms. The molecule has 0 atom stereocenters. The summed E-state index contributed by atoms with van der Waals surface area (Å²) < 4.78 is 6.14. The van der Waals surface area contributed by atoms with Crippen LogP contribution in [0.5, 0.6) is 5.75 Å². The van der Waals surface area contributed by atoms with E-state index in [4.69, 9.17) is 4.74 Å². The van der Waals surface area contributed by atoms with E-state index in [0.717, 1.165) is 18.1 Å². The zero-order chi connectivity index (χ0) is 19.6. The Kier molecular flexibility index (Phi) is 9.23. The Labute approximate surface area is 170 Å². The average Bonchev–Trinajstić information content (AvgIpc) is 2.70. The van der Waals surface area contributed by atoms with E-state index in [1.807, 2.05) is 25.6 Å². The van der Waals surface area contributed by atoms with Crippen LogP contribution in [0.15, 0.2) is 47.4 Å². The standard InChI is InChI=1S/C22H29NOS.C2H6/c1-4-25-21-7-5-6-19(15-21)20-8-9-22(17(2)14-20)24-16-18-10-12-23(3)13-11-18;1-2/h5-9,14-15,18H,4,10-13,16H2,1-3H3;1-2H3. The van der Waals surface area contributed by atoms with Crippen LogP contribution in [0, 0.1) is 12.8 Å². The van der Waals surface area contributed by atoms with E-state index >= 15 is 0 Å². The molecular formula is C24H35NOS. The van der Waals surface area contributed by atoms with Gasteiger partial charge in [-0.1, -0.05) is 39.0 Å². The number of hydrogen-bond acceptors (Lipinski definition) is 3. The number of aryl methyl sites for hydroxylation is 1. The molecular weight excluding hydrogens is 350 g/mol. The molecule has 1 fully saturated rings. The second-order valence-electron chi connectivity index (χ2n) is 7.00. The quantitative estimate of drug-likeness (QED) is 0.525. The van der Waals surface area contributed by atoms with Gasteiger partial charge < -0.3 is 9.64 Å². The third kappa shape index (κ3) is 6.58. The summed E-state index contributed by atoms with van der Waals surface area (Å²) in [4.78, 5) is 3.74. The molecule has 0 spiro atoms. The van der Waals surface area contributed by atoms with Crippen LogP contribution in [0.1, 0.15) is 39.2 Å². The lowest BCUT2D eigenvalue weighted by Crippen LogP contribution is -2.32. The Morgan fingerprint density at radius 1 is 1.04 bits per heavy atom. The summed E-state index contributed by atoms with van der Waals surface area (Å²) in [5.74, 6) is 2.83. The first-order valence-electron chi connectivity index (χ1n) is 10.3. The van der Waals surface area contributed by atoms with Gasteiger partial charge in [-0.15, -0.1) is 11.8 Å². The van der Waals surface area contributed by atoms with Crippen molar-refractivity contribution < 1.29 is 4.74 Å². The van der Waals surface area contributed by atoms with E-state index in [2.05, 4.69) is 68.3 Å². The molecule has 0 saturated carbocycles. The molecule has 0 N–H and O–H groups in total.